The number of thiocarbonyl (C=S) groups is 1. The van der Waals surface area contributed by atoms with Gasteiger partial charge in [0, 0.05) is 0 Å². The quantitative estimate of drug-likeness (QED) is 0.220. The summed E-state index contributed by atoms with van der Waals surface area (Å²) in [5.41, 5.74) is 9.47. The molecule has 0 aromatic carbocycles. The summed E-state index contributed by atoms with van der Waals surface area (Å²) >= 11 is 4.21. The number of hydrogen-bond donors (Lipinski definition) is 3. The van der Waals surface area contributed by atoms with Gasteiger partial charge in [-0.1, -0.05) is 0 Å². The van der Waals surface area contributed by atoms with Crippen LogP contribution in [-0.2, 0) is 4.74 Å². The molecule has 0 spiro atoms. The highest BCUT2D eigenvalue weighted by Crippen LogP contribution is 1.67. The molecule has 0 aliphatic rings. The van der Waals surface area contributed by atoms with Crippen molar-refractivity contribution in [2.75, 3.05) is 0 Å². The molecule has 4 nitrogen and oxygen atoms in total. The van der Waals surface area contributed by atoms with E-state index in [1.54, 1.807) is 0 Å². The molecule has 5 N–H and O–H groups in total. The summed E-state index contributed by atoms with van der Waals surface area (Å²) in [6.07, 6.45) is 0. The Morgan fingerprint density at radius 3 is 2.00 bits per heavy atom. The van der Waals surface area contributed by atoms with E-state index < -0.39 is 6.02 Å². The zero-order chi connectivity index (χ0) is 5.86. The van der Waals surface area contributed by atoms with Crippen molar-refractivity contribution in [1.29, 1.82) is 5.41 Å². The van der Waals surface area contributed by atoms with Gasteiger partial charge in [-0.25, -0.2) is 0 Å². The van der Waals surface area contributed by atoms with E-state index in [0.717, 1.165) is 0 Å². The van der Waals surface area contributed by atoms with E-state index in [2.05, 4.69) is 22.7 Å². The lowest BCUT2D eigenvalue weighted by atomic mass is 11.1. The van der Waals surface area contributed by atoms with E-state index in [0.29, 0.717) is 0 Å². The lowest BCUT2D eigenvalue weighted by Crippen LogP contribution is -2.23. The van der Waals surface area contributed by atoms with Crippen LogP contribution in [0.1, 0.15) is 0 Å². The van der Waals surface area contributed by atoms with Crippen LogP contribution in [0.25, 0.3) is 0 Å². The average Bonchev–Trinajstić information content (AvgIpc) is 1.27. The van der Waals surface area contributed by atoms with Gasteiger partial charge >= 0.3 is 0 Å². The predicted octanol–water partition coefficient (Wildman–Crippen LogP) is -0.860. The van der Waals surface area contributed by atoms with Gasteiger partial charge in [0.05, 0.1) is 0 Å². The molecule has 0 fully saturated rings. The Morgan fingerprint density at radius 2 is 2.00 bits per heavy atom. The Hall–Kier alpha value is -0.840. The largest absolute Gasteiger partial charge is 0.399 e. The molecule has 0 saturated heterocycles. The molecular weight excluding hydrogens is 114 g/mol. The van der Waals surface area contributed by atoms with Gasteiger partial charge in [-0.2, -0.15) is 0 Å². The van der Waals surface area contributed by atoms with Gasteiger partial charge in [-0.15, -0.1) is 0 Å². The molecule has 0 rings (SSSR count). The molecule has 0 unspecified atom stereocenters. The van der Waals surface area contributed by atoms with Gasteiger partial charge in [0.15, 0.2) is 0 Å². The smallest absolute Gasteiger partial charge is 0.286 e. The first-order valence-electron chi connectivity index (χ1n) is 1.44. The van der Waals surface area contributed by atoms with E-state index in [4.69, 9.17) is 11.1 Å². The van der Waals surface area contributed by atoms with Crippen LogP contribution in [0.15, 0.2) is 0 Å². The summed E-state index contributed by atoms with van der Waals surface area (Å²) in [6.45, 7) is 0. The summed E-state index contributed by atoms with van der Waals surface area (Å²) in [5, 5.41) is 6.18. The summed E-state index contributed by atoms with van der Waals surface area (Å²) in [7, 11) is 0. The first-order chi connectivity index (χ1) is 3.13. The van der Waals surface area contributed by atoms with Gasteiger partial charge in [0.2, 0.25) is 0 Å². The van der Waals surface area contributed by atoms with Crippen LogP contribution in [-0.4, -0.2) is 11.2 Å². The van der Waals surface area contributed by atoms with Crippen LogP contribution in [0, 0.1) is 5.41 Å². The van der Waals surface area contributed by atoms with Crippen molar-refractivity contribution in [3.63, 3.8) is 0 Å². The highest BCUT2D eigenvalue weighted by Gasteiger charge is 1.86. The van der Waals surface area contributed by atoms with E-state index in [-0.39, 0.29) is 5.17 Å². The van der Waals surface area contributed by atoms with Crippen molar-refractivity contribution in [1.82, 2.24) is 0 Å². The number of nitrogens with two attached hydrogens (primary N) is 2. The minimum Gasteiger partial charge on any atom is -0.399 e. The molecule has 0 radical (unpaired) electrons. The molecule has 0 aliphatic carbocycles. The third kappa shape index (κ3) is 5.16. The Balaban J connectivity index is 3.32. The van der Waals surface area contributed by atoms with Gasteiger partial charge in [0.1, 0.15) is 0 Å². The number of nitrogens with one attached hydrogen (secondary N) is 1. The van der Waals surface area contributed by atoms with Crippen LogP contribution >= 0.6 is 12.2 Å². The van der Waals surface area contributed by atoms with Crippen LogP contribution < -0.4 is 11.5 Å². The Labute approximate surface area is 45.9 Å². The molecule has 0 aromatic heterocycles. The zero-order valence-electron chi connectivity index (χ0n) is 3.47. The normalized spacial score (nSPS) is 7.43. The van der Waals surface area contributed by atoms with Crippen molar-refractivity contribution in [2.45, 2.75) is 0 Å². The minimum atomic E-state index is -0.479. The average molecular weight is 119 g/mol. The molecule has 5 heteroatoms. The number of amidine groups is 1. The fourth-order valence-corrected chi connectivity index (χ4v) is 0.198. The number of hydrogen-bond acceptors (Lipinski definition) is 3. The van der Waals surface area contributed by atoms with E-state index in [9.17, 15) is 0 Å². The molecule has 0 aliphatic heterocycles. The second-order valence-corrected chi connectivity index (χ2v) is 1.19. The second kappa shape index (κ2) is 2.35. The second-order valence-electron chi connectivity index (χ2n) is 0.785. The molecule has 0 bridgehead atoms. The van der Waals surface area contributed by atoms with Crippen molar-refractivity contribution in [2.24, 2.45) is 11.5 Å². The van der Waals surface area contributed by atoms with Crippen LogP contribution in [0.2, 0.25) is 0 Å². The molecule has 0 amide bonds. The topological polar surface area (TPSA) is 85.1 Å². The zero-order valence-corrected chi connectivity index (χ0v) is 4.29. The molecule has 0 atom stereocenters. The first-order valence-corrected chi connectivity index (χ1v) is 1.85. The van der Waals surface area contributed by atoms with Crippen molar-refractivity contribution in [3.05, 3.63) is 0 Å². The number of ether oxygens (including phenoxy) is 1. The monoisotopic (exact) mass is 119 g/mol. The maximum atomic E-state index is 6.41. The fourth-order valence-electron chi connectivity index (χ4n) is 0.108. The van der Waals surface area contributed by atoms with Gasteiger partial charge in [0.25, 0.3) is 11.2 Å². The molecule has 0 saturated carbocycles. The first kappa shape index (κ1) is 6.16. The third-order valence-corrected chi connectivity index (χ3v) is 0.294. The highest BCUT2D eigenvalue weighted by atomic mass is 32.1. The number of rotatable bonds is 0. The minimum absolute atomic E-state index is 0.229. The summed E-state index contributed by atoms with van der Waals surface area (Å²) < 4.78 is 4.12. The van der Waals surface area contributed by atoms with Crippen molar-refractivity contribution >= 4 is 23.4 Å². The van der Waals surface area contributed by atoms with E-state index >= 15 is 0 Å². The molecular formula is C2H5N3OS. The lowest BCUT2D eigenvalue weighted by molar-refractivity contribution is 0.537. The van der Waals surface area contributed by atoms with E-state index in [1.165, 1.54) is 0 Å². The van der Waals surface area contributed by atoms with Crippen LogP contribution in [0.5, 0.6) is 0 Å². The summed E-state index contributed by atoms with van der Waals surface area (Å²) in [4.78, 5) is 0. The maximum absolute atomic E-state index is 6.41. The lowest BCUT2D eigenvalue weighted by Gasteiger charge is -1.94. The Morgan fingerprint density at radius 1 is 1.57 bits per heavy atom. The molecule has 7 heavy (non-hydrogen) atoms. The summed E-state index contributed by atoms with van der Waals surface area (Å²) in [6, 6.07) is -0.479. The fraction of sp³-hybridized carbons (Fsp3) is 0. The Bertz CT molecular complexity index is 89.1. The van der Waals surface area contributed by atoms with E-state index in [1.807, 2.05) is 0 Å². The van der Waals surface area contributed by atoms with Gasteiger partial charge in [-0.3, -0.25) is 5.41 Å². The van der Waals surface area contributed by atoms with Crippen molar-refractivity contribution < 1.29 is 4.74 Å². The molecule has 0 aromatic rings. The highest BCUT2D eigenvalue weighted by molar-refractivity contribution is 7.80. The predicted molar refractivity (Wildman–Crippen MR) is 29.8 cm³/mol. The standard InChI is InChI=1S/C2H5N3OS/c3-1(4)6-2(5)7/h(H3,3,4)(H2,5,7). The Kier molecular flexibility index (Phi) is 2.07. The molecule has 40 valence electrons. The maximum Gasteiger partial charge on any atom is 0.286 e. The van der Waals surface area contributed by atoms with Gasteiger partial charge < -0.3 is 16.2 Å². The van der Waals surface area contributed by atoms with Crippen LogP contribution in [0.4, 0.5) is 0 Å². The molecule has 0 heterocycles. The van der Waals surface area contributed by atoms with Crippen LogP contribution in [0.3, 0.4) is 0 Å². The van der Waals surface area contributed by atoms with Gasteiger partial charge in [-0.05, 0) is 12.2 Å². The SMILES string of the molecule is N=C(N)OC(N)=S. The van der Waals surface area contributed by atoms with Crippen molar-refractivity contribution in [3.8, 4) is 0 Å². The third-order valence-electron chi connectivity index (χ3n) is 0.211. The summed E-state index contributed by atoms with van der Waals surface area (Å²) in [5.74, 6) is 0.